The van der Waals surface area contributed by atoms with Crippen molar-refractivity contribution in [3.63, 3.8) is 0 Å². The molecule has 1 aromatic carbocycles. The highest BCUT2D eigenvalue weighted by molar-refractivity contribution is 5.53. The Morgan fingerprint density at radius 3 is 2.71 bits per heavy atom. The van der Waals surface area contributed by atoms with Crippen LogP contribution in [0.4, 0.5) is 5.69 Å². The third-order valence-corrected chi connectivity index (χ3v) is 5.40. The van der Waals surface area contributed by atoms with E-state index in [1.165, 1.54) is 5.69 Å². The van der Waals surface area contributed by atoms with Gasteiger partial charge in [0.15, 0.2) is 5.76 Å². The first kappa shape index (κ1) is 18.5. The quantitative estimate of drug-likeness (QED) is 0.649. The molecule has 0 N–H and O–H groups in total. The molecule has 0 bridgehead atoms. The standard InChI is InChI=1S/C22H26N4O2/c1-25(16-20-15-22(24-28-20)21-8-3-4-11-23-21)17-9-12-26(13-10-17)18-6-5-7-19(14-18)27-2/h3-8,11,14-15,17H,9-10,12-13,16H2,1-2H3. The van der Waals surface area contributed by atoms with E-state index >= 15 is 0 Å². The van der Waals surface area contributed by atoms with Crippen LogP contribution < -0.4 is 9.64 Å². The van der Waals surface area contributed by atoms with Crippen molar-refractivity contribution in [3.05, 3.63) is 60.5 Å². The summed E-state index contributed by atoms with van der Waals surface area (Å²) >= 11 is 0. The van der Waals surface area contributed by atoms with Crippen LogP contribution in [0.25, 0.3) is 11.4 Å². The largest absolute Gasteiger partial charge is 0.497 e. The van der Waals surface area contributed by atoms with Gasteiger partial charge in [-0.1, -0.05) is 17.3 Å². The van der Waals surface area contributed by atoms with Gasteiger partial charge in [-0.2, -0.15) is 0 Å². The van der Waals surface area contributed by atoms with Gasteiger partial charge in [0, 0.05) is 43.1 Å². The van der Waals surface area contributed by atoms with E-state index in [4.69, 9.17) is 9.26 Å². The molecule has 0 atom stereocenters. The highest BCUT2D eigenvalue weighted by Crippen LogP contribution is 2.26. The number of anilines is 1. The Morgan fingerprint density at radius 2 is 1.96 bits per heavy atom. The highest BCUT2D eigenvalue weighted by atomic mass is 16.5. The second-order valence-electron chi connectivity index (χ2n) is 7.23. The molecule has 1 saturated heterocycles. The van der Waals surface area contributed by atoms with Crippen LogP contribution in [-0.2, 0) is 6.54 Å². The van der Waals surface area contributed by atoms with Crippen molar-refractivity contribution >= 4 is 5.69 Å². The van der Waals surface area contributed by atoms with E-state index in [1.807, 2.05) is 30.3 Å². The van der Waals surface area contributed by atoms with Gasteiger partial charge in [0.25, 0.3) is 0 Å². The lowest BCUT2D eigenvalue weighted by molar-refractivity contribution is 0.181. The monoisotopic (exact) mass is 378 g/mol. The second-order valence-corrected chi connectivity index (χ2v) is 7.23. The summed E-state index contributed by atoms with van der Waals surface area (Å²) in [4.78, 5) is 9.13. The zero-order valence-electron chi connectivity index (χ0n) is 16.4. The van der Waals surface area contributed by atoms with Crippen LogP contribution in [0.3, 0.4) is 0 Å². The Hall–Kier alpha value is -2.86. The number of rotatable bonds is 6. The molecular weight excluding hydrogens is 352 g/mol. The lowest BCUT2D eigenvalue weighted by Gasteiger charge is -2.37. The van der Waals surface area contributed by atoms with Crippen molar-refractivity contribution in [3.8, 4) is 17.1 Å². The summed E-state index contributed by atoms with van der Waals surface area (Å²) in [6.07, 6.45) is 4.01. The summed E-state index contributed by atoms with van der Waals surface area (Å²) < 4.78 is 10.9. The zero-order chi connectivity index (χ0) is 19.3. The van der Waals surface area contributed by atoms with Crippen LogP contribution in [0.15, 0.2) is 59.3 Å². The van der Waals surface area contributed by atoms with E-state index in [9.17, 15) is 0 Å². The molecule has 0 radical (unpaired) electrons. The molecule has 3 aromatic rings. The highest BCUT2D eigenvalue weighted by Gasteiger charge is 2.24. The summed E-state index contributed by atoms with van der Waals surface area (Å²) in [5.41, 5.74) is 2.86. The summed E-state index contributed by atoms with van der Waals surface area (Å²) in [5.74, 6) is 1.78. The minimum Gasteiger partial charge on any atom is -0.497 e. The van der Waals surface area contributed by atoms with Crippen molar-refractivity contribution < 1.29 is 9.26 Å². The van der Waals surface area contributed by atoms with E-state index in [0.717, 1.165) is 55.4 Å². The Balaban J connectivity index is 1.33. The average molecular weight is 378 g/mol. The van der Waals surface area contributed by atoms with E-state index < -0.39 is 0 Å². The van der Waals surface area contributed by atoms with E-state index in [2.05, 4.69) is 45.2 Å². The number of pyridine rings is 1. The second kappa shape index (κ2) is 8.44. The molecule has 28 heavy (non-hydrogen) atoms. The summed E-state index contributed by atoms with van der Waals surface area (Å²) in [7, 11) is 3.87. The van der Waals surface area contributed by atoms with Gasteiger partial charge in [0.1, 0.15) is 11.4 Å². The van der Waals surface area contributed by atoms with Crippen LogP contribution in [-0.4, -0.2) is 48.3 Å². The third kappa shape index (κ3) is 4.17. The number of aromatic nitrogens is 2. The molecule has 2 aromatic heterocycles. The van der Waals surface area contributed by atoms with Crippen LogP contribution in [0.5, 0.6) is 5.75 Å². The fraction of sp³-hybridized carbons (Fsp3) is 0.364. The molecule has 1 fully saturated rings. The van der Waals surface area contributed by atoms with Gasteiger partial charge in [-0.05, 0) is 44.2 Å². The van der Waals surface area contributed by atoms with Crippen LogP contribution in [0.2, 0.25) is 0 Å². The van der Waals surface area contributed by atoms with Gasteiger partial charge < -0.3 is 14.2 Å². The van der Waals surface area contributed by atoms with Gasteiger partial charge in [-0.15, -0.1) is 0 Å². The molecule has 146 valence electrons. The first-order valence-corrected chi connectivity index (χ1v) is 9.69. The third-order valence-electron chi connectivity index (χ3n) is 5.40. The van der Waals surface area contributed by atoms with Crippen molar-refractivity contribution in [2.45, 2.75) is 25.4 Å². The fourth-order valence-electron chi connectivity index (χ4n) is 3.77. The summed E-state index contributed by atoms with van der Waals surface area (Å²) in [6, 6.07) is 16.6. The molecule has 1 aliphatic rings. The Bertz CT molecular complexity index is 888. The van der Waals surface area contributed by atoms with Crippen molar-refractivity contribution in [1.82, 2.24) is 15.0 Å². The molecule has 0 amide bonds. The number of methoxy groups -OCH3 is 1. The summed E-state index contributed by atoms with van der Waals surface area (Å²) in [5, 5.41) is 4.17. The molecule has 0 unspecified atom stereocenters. The Kier molecular flexibility index (Phi) is 5.58. The fourth-order valence-corrected chi connectivity index (χ4v) is 3.77. The van der Waals surface area contributed by atoms with E-state index in [0.29, 0.717) is 6.04 Å². The minimum atomic E-state index is 0.533. The van der Waals surface area contributed by atoms with Crippen LogP contribution >= 0.6 is 0 Å². The zero-order valence-corrected chi connectivity index (χ0v) is 16.4. The van der Waals surface area contributed by atoms with Crippen molar-refractivity contribution in [2.24, 2.45) is 0 Å². The minimum absolute atomic E-state index is 0.533. The van der Waals surface area contributed by atoms with E-state index in [-0.39, 0.29) is 0 Å². The lowest BCUT2D eigenvalue weighted by atomic mass is 10.0. The van der Waals surface area contributed by atoms with Crippen LogP contribution in [0, 0.1) is 0 Å². The molecule has 6 heteroatoms. The van der Waals surface area contributed by atoms with Gasteiger partial charge >= 0.3 is 0 Å². The van der Waals surface area contributed by atoms with Crippen molar-refractivity contribution in [1.29, 1.82) is 0 Å². The van der Waals surface area contributed by atoms with Crippen LogP contribution in [0.1, 0.15) is 18.6 Å². The number of nitrogens with zero attached hydrogens (tertiary/aromatic N) is 4. The van der Waals surface area contributed by atoms with Gasteiger partial charge in [0.05, 0.1) is 19.3 Å². The number of hydrogen-bond acceptors (Lipinski definition) is 6. The Labute approximate surface area is 165 Å². The molecule has 1 aliphatic heterocycles. The number of piperidine rings is 1. The maximum Gasteiger partial charge on any atom is 0.151 e. The number of ether oxygens (including phenoxy) is 1. The van der Waals surface area contributed by atoms with Gasteiger partial charge in [-0.3, -0.25) is 9.88 Å². The maximum atomic E-state index is 5.54. The van der Waals surface area contributed by atoms with Crippen molar-refractivity contribution in [2.75, 3.05) is 32.1 Å². The molecule has 3 heterocycles. The predicted octanol–water partition coefficient (Wildman–Crippen LogP) is 3.85. The lowest BCUT2D eigenvalue weighted by Crippen LogP contribution is -2.43. The average Bonchev–Trinajstić information content (AvgIpc) is 3.23. The first-order chi connectivity index (χ1) is 13.7. The smallest absolute Gasteiger partial charge is 0.151 e. The van der Waals surface area contributed by atoms with E-state index in [1.54, 1.807) is 13.3 Å². The summed E-state index contributed by atoms with van der Waals surface area (Å²) in [6.45, 7) is 2.83. The molecule has 0 aliphatic carbocycles. The van der Waals surface area contributed by atoms with Gasteiger partial charge in [-0.25, -0.2) is 0 Å². The molecular formula is C22H26N4O2. The number of benzene rings is 1. The molecule has 6 nitrogen and oxygen atoms in total. The SMILES string of the molecule is COc1cccc(N2CCC(N(C)Cc3cc(-c4ccccn4)no3)CC2)c1. The molecule has 0 saturated carbocycles. The Morgan fingerprint density at radius 1 is 1.11 bits per heavy atom. The van der Waals surface area contributed by atoms with Gasteiger partial charge in [0.2, 0.25) is 0 Å². The first-order valence-electron chi connectivity index (χ1n) is 9.69. The maximum absolute atomic E-state index is 5.54. The number of hydrogen-bond donors (Lipinski definition) is 0. The normalized spacial score (nSPS) is 15.2. The predicted molar refractivity (Wildman–Crippen MR) is 109 cm³/mol. The molecule has 0 spiro atoms. The topological polar surface area (TPSA) is 54.6 Å². The molecule has 4 rings (SSSR count).